The molecule has 7 heteroatoms. The molecular weight excluding hydrogens is 354 g/mol. The van der Waals surface area contributed by atoms with E-state index in [4.69, 9.17) is 14.5 Å². The first-order chi connectivity index (χ1) is 13.5. The zero-order chi connectivity index (χ0) is 20.5. The highest BCUT2D eigenvalue weighted by atomic mass is 16.5. The van der Waals surface area contributed by atoms with Crippen LogP contribution in [0.25, 0.3) is 0 Å². The average molecular weight is 388 g/mol. The van der Waals surface area contributed by atoms with Crippen molar-refractivity contribution >= 4 is 5.96 Å². The van der Waals surface area contributed by atoms with E-state index in [1.165, 1.54) is 5.56 Å². The van der Waals surface area contributed by atoms with Gasteiger partial charge < -0.3 is 20.1 Å². The number of rotatable bonds is 9. The van der Waals surface area contributed by atoms with Gasteiger partial charge in [0.15, 0.2) is 5.96 Å². The summed E-state index contributed by atoms with van der Waals surface area (Å²) in [5, 5.41) is 11.2. The molecule has 0 amide bonds. The number of aryl methyl sites for hydroxylation is 3. The Morgan fingerprint density at radius 2 is 1.96 bits per heavy atom. The Labute approximate surface area is 168 Å². The summed E-state index contributed by atoms with van der Waals surface area (Å²) in [7, 11) is 3.64. The summed E-state index contributed by atoms with van der Waals surface area (Å²) in [5.74, 6) is 1.63. The van der Waals surface area contributed by atoms with Gasteiger partial charge in [0.25, 0.3) is 0 Å². The van der Waals surface area contributed by atoms with Gasteiger partial charge in [-0.2, -0.15) is 5.10 Å². The SMILES string of the molecule is CCNC(=NCc1ccc(C)cc1OCCOC)NCc1c(C)nn(C)c1C. The molecule has 0 aliphatic carbocycles. The van der Waals surface area contributed by atoms with Crippen LogP contribution in [0.4, 0.5) is 0 Å². The minimum Gasteiger partial charge on any atom is -0.491 e. The van der Waals surface area contributed by atoms with Crippen molar-refractivity contribution in [2.45, 2.75) is 40.8 Å². The van der Waals surface area contributed by atoms with Crippen LogP contribution in [0.1, 0.15) is 35.0 Å². The lowest BCUT2D eigenvalue weighted by Crippen LogP contribution is -2.37. The molecule has 0 aliphatic heterocycles. The molecule has 7 nitrogen and oxygen atoms in total. The molecule has 0 atom stereocenters. The van der Waals surface area contributed by atoms with Crippen molar-refractivity contribution in [3.63, 3.8) is 0 Å². The van der Waals surface area contributed by atoms with Crippen molar-refractivity contribution < 1.29 is 9.47 Å². The van der Waals surface area contributed by atoms with E-state index in [-0.39, 0.29) is 0 Å². The quantitative estimate of drug-likeness (QED) is 0.393. The maximum absolute atomic E-state index is 5.87. The second kappa shape index (κ2) is 10.7. The number of aromatic nitrogens is 2. The number of guanidine groups is 1. The van der Waals surface area contributed by atoms with Crippen molar-refractivity contribution in [1.82, 2.24) is 20.4 Å². The summed E-state index contributed by atoms with van der Waals surface area (Å²) >= 11 is 0. The zero-order valence-corrected chi connectivity index (χ0v) is 17.9. The van der Waals surface area contributed by atoms with Crippen molar-refractivity contribution in [3.8, 4) is 5.75 Å². The van der Waals surface area contributed by atoms with Crippen LogP contribution >= 0.6 is 0 Å². The Kier molecular flexibility index (Phi) is 8.32. The largest absolute Gasteiger partial charge is 0.491 e. The molecule has 0 spiro atoms. The number of hydrogen-bond acceptors (Lipinski definition) is 4. The topological polar surface area (TPSA) is 72.7 Å². The molecule has 0 saturated heterocycles. The van der Waals surface area contributed by atoms with E-state index in [9.17, 15) is 0 Å². The first kappa shape index (κ1) is 21.8. The highest BCUT2D eigenvalue weighted by molar-refractivity contribution is 5.79. The van der Waals surface area contributed by atoms with Gasteiger partial charge in [-0.3, -0.25) is 4.68 Å². The molecule has 0 saturated carbocycles. The molecule has 2 N–H and O–H groups in total. The van der Waals surface area contributed by atoms with E-state index in [2.05, 4.69) is 48.6 Å². The van der Waals surface area contributed by atoms with Gasteiger partial charge in [0, 0.05) is 44.1 Å². The summed E-state index contributed by atoms with van der Waals surface area (Å²) in [4.78, 5) is 4.74. The van der Waals surface area contributed by atoms with Crippen LogP contribution in [0.2, 0.25) is 0 Å². The molecule has 2 aromatic rings. The number of ether oxygens (including phenoxy) is 2. The lowest BCUT2D eigenvalue weighted by Gasteiger charge is -2.14. The zero-order valence-electron chi connectivity index (χ0n) is 17.9. The standard InChI is InChI=1S/C21H33N5O2/c1-7-22-21(24-14-19-16(3)25-26(5)17(19)4)23-13-18-9-8-15(2)12-20(18)28-11-10-27-6/h8-9,12H,7,10-11,13-14H2,1-6H3,(H2,22,23,24). The van der Waals surface area contributed by atoms with Crippen LogP contribution < -0.4 is 15.4 Å². The average Bonchev–Trinajstić information content (AvgIpc) is 2.90. The summed E-state index contributed by atoms with van der Waals surface area (Å²) in [5.41, 5.74) is 5.61. The van der Waals surface area contributed by atoms with Crippen LogP contribution in [-0.4, -0.2) is 42.6 Å². The third-order valence-corrected chi connectivity index (χ3v) is 4.61. The van der Waals surface area contributed by atoms with Crippen molar-refractivity contribution in [3.05, 3.63) is 46.3 Å². The monoisotopic (exact) mass is 387 g/mol. The van der Waals surface area contributed by atoms with Crippen molar-refractivity contribution in [2.24, 2.45) is 12.0 Å². The third kappa shape index (κ3) is 5.99. The predicted molar refractivity (Wildman–Crippen MR) is 113 cm³/mol. The van der Waals surface area contributed by atoms with E-state index >= 15 is 0 Å². The predicted octanol–water partition coefficient (Wildman–Crippen LogP) is 2.63. The van der Waals surface area contributed by atoms with Crippen LogP contribution in [-0.2, 0) is 24.9 Å². The summed E-state index contributed by atoms with van der Waals surface area (Å²) in [6.07, 6.45) is 0. The molecule has 28 heavy (non-hydrogen) atoms. The Hall–Kier alpha value is -2.54. The third-order valence-electron chi connectivity index (χ3n) is 4.61. The van der Waals surface area contributed by atoms with Gasteiger partial charge in [-0.25, -0.2) is 4.99 Å². The second-order valence-electron chi connectivity index (χ2n) is 6.77. The molecule has 1 aromatic carbocycles. The molecule has 0 unspecified atom stereocenters. The van der Waals surface area contributed by atoms with Crippen molar-refractivity contribution in [2.75, 3.05) is 26.9 Å². The normalized spacial score (nSPS) is 11.6. The fourth-order valence-electron chi connectivity index (χ4n) is 2.91. The number of benzene rings is 1. The minimum atomic E-state index is 0.522. The molecule has 154 valence electrons. The number of nitrogens with one attached hydrogen (secondary N) is 2. The van der Waals surface area contributed by atoms with E-state index < -0.39 is 0 Å². The van der Waals surface area contributed by atoms with Gasteiger partial charge in [-0.05, 0) is 39.3 Å². The van der Waals surface area contributed by atoms with Crippen molar-refractivity contribution in [1.29, 1.82) is 0 Å². The highest BCUT2D eigenvalue weighted by Crippen LogP contribution is 2.21. The van der Waals surface area contributed by atoms with E-state index in [0.29, 0.717) is 26.3 Å². The van der Waals surface area contributed by atoms with E-state index in [1.807, 2.05) is 24.7 Å². The lowest BCUT2D eigenvalue weighted by molar-refractivity contribution is 0.145. The van der Waals surface area contributed by atoms with Gasteiger partial charge in [0.2, 0.25) is 0 Å². The Balaban J connectivity index is 2.09. The maximum Gasteiger partial charge on any atom is 0.191 e. The Morgan fingerprint density at radius 1 is 1.18 bits per heavy atom. The van der Waals surface area contributed by atoms with E-state index in [0.717, 1.165) is 40.8 Å². The van der Waals surface area contributed by atoms with Gasteiger partial charge >= 0.3 is 0 Å². The molecule has 0 radical (unpaired) electrons. The summed E-state index contributed by atoms with van der Waals surface area (Å²) in [6, 6.07) is 6.19. The van der Waals surface area contributed by atoms with Crippen LogP contribution in [0.5, 0.6) is 5.75 Å². The van der Waals surface area contributed by atoms with Gasteiger partial charge in [-0.1, -0.05) is 12.1 Å². The molecule has 0 aliphatic rings. The van der Waals surface area contributed by atoms with Crippen LogP contribution in [0, 0.1) is 20.8 Å². The van der Waals surface area contributed by atoms with E-state index in [1.54, 1.807) is 7.11 Å². The number of nitrogens with zero attached hydrogens (tertiary/aromatic N) is 3. The molecular formula is C21H33N5O2. The fraction of sp³-hybridized carbons (Fsp3) is 0.524. The number of methoxy groups -OCH3 is 1. The van der Waals surface area contributed by atoms with Gasteiger partial charge in [0.05, 0.1) is 18.8 Å². The molecule has 1 heterocycles. The summed E-state index contributed by atoms with van der Waals surface area (Å²) < 4.78 is 12.9. The van der Waals surface area contributed by atoms with Crippen LogP contribution in [0.3, 0.4) is 0 Å². The van der Waals surface area contributed by atoms with Gasteiger partial charge in [-0.15, -0.1) is 0 Å². The Bertz CT molecular complexity index is 798. The number of hydrogen-bond donors (Lipinski definition) is 2. The first-order valence-corrected chi connectivity index (χ1v) is 9.68. The summed E-state index contributed by atoms with van der Waals surface area (Å²) in [6.45, 7) is 11.3. The van der Waals surface area contributed by atoms with Crippen LogP contribution in [0.15, 0.2) is 23.2 Å². The fourth-order valence-corrected chi connectivity index (χ4v) is 2.91. The lowest BCUT2D eigenvalue weighted by atomic mass is 10.1. The smallest absolute Gasteiger partial charge is 0.191 e. The first-order valence-electron chi connectivity index (χ1n) is 9.68. The molecule has 1 aromatic heterocycles. The van der Waals surface area contributed by atoms with Gasteiger partial charge in [0.1, 0.15) is 12.4 Å². The Morgan fingerprint density at radius 3 is 2.61 bits per heavy atom. The molecule has 0 fully saturated rings. The molecule has 2 rings (SSSR count). The second-order valence-corrected chi connectivity index (χ2v) is 6.77. The highest BCUT2D eigenvalue weighted by Gasteiger charge is 2.10. The maximum atomic E-state index is 5.87. The molecule has 0 bridgehead atoms. The number of aliphatic imine (C=N–C) groups is 1. The minimum absolute atomic E-state index is 0.522.